The second kappa shape index (κ2) is 5.81. The molecule has 0 saturated heterocycles. The molecular formula is C15H15N7O. The van der Waals surface area contributed by atoms with Crippen molar-refractivity contribution in [2.24, 2.45) is 0 Å². The van der Waals surface area contributed by atoms with Crippen molar-refractivity contribution in [3.8, 4) is 11.8 Å². The molecule has 0 atom stereocenters. The number of aryl methyl sites for hydroxylation is 1. The molecule has 1 aromatic carbocycles. The van der Waals surface area contributed by atoms with E-state index < -0.39 is 0 Å². The first-order chi connectivity index (χ1) is 11.1. The zero-order valence-corrected chi connectivity index (χ0v) is 12.5. The lowest BCUT2D eigenvalue weighted by molar-refractivity contribution is 0.475. The van der Waals surface area contributed by atoms with Crippen molar-refractivity contribution in [1.29, 1.82) is 5.26 Å². The molecule has 0 amide bonds. The summed E-state index contributed by atoms with van der Waals surface area (Å²) in [6, 6.07) is 9.01. The van der Waals surface area contributed by atoms with Crippen molar-refractivity contribution in [1.82, 2.24) is 19.6 Å². The van der Waals surface area contributed by atoms with Crippen molar-refractivity contribution < 1.29 is 5.11 Å². The summed E-state index contributed by atoms with van der Waals surface area (Å²) in [5, 5.41) is 25.8. The van der Waals surface area contributed by atoms with Crippen LogP contribution in [-0.2, 0) is 6.42 Å². The number of rotatable bonds is 4. The smallest absolute Gasteiger partial charge is 0.256 e. The standard InChI is InChI=1S/C15H15N7O/c1-9-19-15-20-14(12(8-16)13(17)22(15)21-9)18-7-6-10-2-4-11(23)5-3-10/h2-5,23H,6-7,17H2,1H3,(H,18,19,20,21). The van der Waals surface area contributed by atoms with Gasteiger partial charge < -0.3 is 16.2 Å². The fourth-order valence-corrected chi connectivity index (χ4v) is 2.25. The summed E-state index contributed by atoms with van der Waals surface area (Å²) in [5.41, 5.74) is 7.27. The Morgan fingerprint density at radius 1 is 1.30 bits per heavy atom. The predicted octanol–water partition coefficient (Wildman–Crippen LogP) is 1.25. The van der Waals surface area contributed by atoms with E-state index in [0.717, 1.165) is 5.56 Å². The summed E-state index contributed by atoms with van der Waals surface area (Å²) >= 11 is 0. The Kier molecular flexibility index (Phi) is 3.68. The van der Waals surface area contributed by atoms with Gasteiger partial charge in [0.2, 0.25) is 0 Å². The van der Waals surface area contributed by atoms with E-state index in [-0.39, 0.29) is 17.1 Å². The van der Waals surface area contributed by atoms with Crippen LogP contribution in [0.3, 0.4) is 0 Å². The van der Waals surface area contributed by atoms with Gasteiger partial charge in [0.05, 0.1) is 0 Å². The minimum Gasteiger partial charge on any atom is -0.508 e. The molecule has 3 aromatic rings. The van der Waals surface area contributed by atoms with Gasteiger partial charge in [0.1, 0.15) is 23.2 Å². The highest BCUT2D eigenvalue weighted by Crippen LogP contribution is 2.20. The van der Waals surface area contributed by atoms with Crippen LogP contribution < -0.4 is 11.1 Å². The van der Waals surface area contributed by atoms with Crippen LogP contribution in [0.15, 0.2) is 24.3 Å². The summed E-state index contributed by atoms with van der Waals surface area (Å²) in [5.74, 6) is 1.73. The predicted molar refractivity (Wildman–Crippen MR) is 84.9 cm³/mol. The van der Waals surface area contributed by atoms with E-state index in [0.29, 0.717) is 30.4 Å². The number of phenolic OH excluding ortho intramolecular Hbond substituents is 1. The minimum atomic E-state index is 0.213. The molecule has 0 unspecified atom stereocenters. The van der Waals surface area contributed by atoms with Crippen LogP contribution in [0.4, 0.5) is 11.6 Å². The number of anilines is 2. The van der Waals surface area contributed by atoms with Crippen LogP contribution in [0.25, 0.3) is 5.78 Å². The number of nitrogens with one attached hydrogen (secondary N) is 1. The van der Waals surface area contributed by atoms with Gasteiger partial charge in [0.25, 0.3) is 5.78 Å². The molecule has 0 spiro atoms. The molecule has 0 saturated carbocycles. The molecule has 116 valence electrons. The molecule has 3 rings (SSSR count). The van der Waals surface area contributed by atoms with Crippen LogP contribution in [0, 0.1) is 18.3 Å². The normalized spacial score (nSPS) is 10.6. The van der Waals surface area contributed by atoms with E-state index in [1.807, 2.05) is 18.2 Å². The summed E-state index contributed by atoms with van der Waals surface area (Å²) in [4.78, 5) is 8.48. The van der Waals surface area contributed by atoms with E-state index >= 15 is 0 Å². The minimum absolute atomic E-state index is 0.213. The highest BCUT2D eigenvalue weighted by molar-refractivity contribution is 5.66. The Bertz CT molecular complexity index is 893. The third kappa shape index (κ3) is 2.85. The highest BCUT2D eigenvalue weighted by atomic mass is 16.3. The Balaban J connectivity index is 1.82. The molecule has 8 nitrogen and oxygen atoms in total. The molecule has 2 aromatic heterocycles. The third-order valence-electron chi connectivity index (χ3n) is 3.38. The number of fused-ring (bicyclic) bond motifs is 1. The van der Waals surface area contributed by atoms with Gasteiger partial charge in [-0.15, -0.1) is 5.10 Å². The number of nitrogens with zero attached hydrogens (tertiary/aromatic N) is 5. The number of nitriles is 1. The summed E-state index contributed by atoms with van der Waals surface area (Å²) in [6.07, 6.45) is 0.712. The van der Waals surface area contributed by atoms with Crippen LogP contribution in [0.2, 0.25) is 0 Å². The molecule has 0 radical (unpaired) electrons. The Hall–Kier alpha value is -3.34. The molecule has 8 heteroatoms. The van der Waals surface area contributed by atoms with Crippen LogP contribution in [0.1, 0.15) is 17.0 Å². The molecule has 23 heavy (non-hydrogen) atoms. The Labute approximate surface area is 132 Å². The van der Waals surface area contributed by atoms with E-state index in [9.17, 15) is 10.4 Å². The number of hydrogen-bond acceptors (Lipinski definition) is 7. The van der Waals surface area contributed by atoms with Crippen LogP contribution >= 0.6 is 0 Å². The first-order valence-corrected chi connectivity index (χ1v) is 7.03. The zero-order chi connectivity index (χ0) is 16.4. The average Bonchev–Trinajstić information content (AvgIpc) is 2.90. The summed E-state index contributed by atoms with van der Waals surface area (Å²) < 4.78 is 1.36. The quantitative estimate of drug-likeness (QED) is 0.662. The van der Waals surface area contributed by atoms with Crippen molar-refractivity contribution in [3.05, 3.63) is 41.2 Å². The fourth-order valence-electron chi connectivity index (χ4n) is 2.25. The van der Waals surface area contributed by atoms with E-state index in [2.05, 4.69) is 20.4 Å². The van der Waals surface area contributed by atoms with Gasteiger partial charge in [-0.1, -0.05) is 12.1 Å². The zero-order valence-electron chi connectivity index (χ0n) is 12.5. The molecule has 4 N–H and O–H groups in total. The number of benzene rings is 1. The number of phenols is 1. The molecule has 2 heterocycles. The van der Waals surface area contributed by atoms with Crippen LogP contribution in [-0.4, -0.2) is 31.2 Å². The van der Waals surface area contributed by atoms with Gasteiger partial charge in [-0.2, -0.15) is 19.7 Å². The van der Waals surface area contributed by atoms with Crippen molar-refractivity contribution in [2.45, 2.75) is 13.3 Å². The van der Waals surface area contributed by atoms with Gasteiger partial charge >= 0.3 is 0 Å². The largest absolute Gasteiger partial charge is 0.508 e. The maximum Gasteiger partial charge on any atom is 0.256 e. The topological polar surface area (TPSA) is 125 Å². The number of aromatic nitrogens is 4. The monoisotopic (exact) mass is 309 g/mol. The second-order valence-electron chi connectivity index (χ2n) is 5.05. The average molecular weight is 309 g/mol. The molecular weight excluding hydrogens is 294 g/mol. The number of nitrogen functional groups attached to an aromatic ring is 1. The second-order valence-corrected chi connectivity index (χ2v) is 5.05. The molecule has 0 aliphatic rings. The molecule has 0 aliphatic heterocycles. The maximum absolute atomic E-state index is 9.31. The Morgan fingerprint density at radius 2 is 2.04 bits per heavy atom. The van der Waals surface area contributed by atoms with Gasteiger partial charge in [-0.05, 0) is 31.0 Å². The van der Waals surface area contributed by atoms with Crippen LogP contribution in [0.5, 0.6) is 5.75 Å². The van der Waals surface area contributed by atoms with E-state index in [1.54, 1.807) is 19.1 Å². The summed E-state index contributed by atoms with van der Waals surface area (Å²) in [7, 11) is 0. The molecule has 0 fully saturated rings. The lowest BCUT2D eigenvalue weighted by Gasteiger charge is -2.09. The number of hydrogen-bond donors (Lipinski definition) is 3. The van der Waals surface area contributed by atoms with Gasteiger partial charge in [-0.25, -0.2) is 0 Å². The Morgan fingerprint density at radius 3 is 2.74 bits per heavy atom. The van der Waals surface area contributed by atoms with Crippen molar-refractivity contribution in [3.63, 3.8) is 0 Å². The first kappa shape index (κ1) is 14.6. The van der Waals surface area contributed by atoms with Crippen molar-refractivity contribution in [2.75, 3.05) is 17.6 Å². The van der Waals surface area contributed by atoms with E-state index in [1.165, 1.54) is 4.52 Å². The SMILES string of the molecule is Cc1nc2nc(NCCc3ccc(O)cc3)c(C#N)c(N)n2n1. The van der Waals surface area contributed by atoms with Gasteiger partial charge in [0.15, 0.2) is 11.6 Å². The first-order valence-electron chi connectivity index (χ1n) is 7.03. The maximum atomic E-state index is 9.31. The van der Waals surface area contributed by atoms with Crippen molar-refractivity contribution >= 4 is 17.4 Å². The third-order valence-corrected chi connectivity index (χ3v) is 3.38. The number of aromatic hydroxyl groups is 1. The summed E-state index contributed by atoms with van der Waals surface area (Å²) in [6.45, 7) is 2.30. The van der Waals surface area contributed by atoms with E-state index in [4.69, 9.17) is 5.73 Å². The lowest BCUT2D eigenvalue weighted by atomic mass is 10.1. The fraction of sp³-hybridized carbons (Fsp3) is 0.200. The highest BCUT2D eigenvalue weighted by Gasteiger charge is 2.15. The lowest BCUT2D eigenvalue weighted by Crippen LogP contribution is -2.12. The molecule has 0 bridgehead atoms. The van der Waals surface area contributed by atoms with Gasteiger partial charge in [0, 0.05) is 6.54 Å². The molecule has 0 aliphatic carbocycles. The number of nitrogens with two attached hydrogens (primary N) is 1. The van der Waals surface area contributed by atoms with Gasteiger partial charge in [-0.3, -0.25) is 0 Å².